The molecule has 3 aliphatic rings. The molecule has 3 rings (SSSR count). The topological polar surface area (TPSA) is 0 Å². The molecule has 0 bridgehead atoms. The van der Waals surface area contributed by atoms with E-state index in [1.807, 2.05) is 0 Å². The highest BCUT2D eigenvalue weighted by atomic mass is 14.5. The first-order chi connectivity index (χ1) is 12.3. The Morgan fingerprint density at radius 1 is 0.600 bits per heavy atom. The van der Waals surface area contributed by atoms with E-state index >= 15 is 0 Å². The maximum absolute atomic E-state index is 2.56. The predicted molar refractivity (Wildman–Crippen MR) is 111 cm³/mol. The maximum Gasteiger partial charge on any atom is -0.0243 e. The van der Waals surface area contributed by atoms with Gasteiger partial charge in [-0.1, -0.05) is 96.8 Å². The minimum atomic E-state index is 0.730. The summed E-state index contributed by atoms with van der Waals surface area (Å²) in [5.74, 6) is 3.24. The zero-order valence-electron chi connectivity index (χ0n) is 17.4. The molecule has 0 spiro atoms. The molecular weight excluding hydrogens is 300 g/mol. The van der Waals surface area contributed by atoms with Gasteiger partial charge in [0.05, 0.1) is 0 Å². The van der Waals surface area contributed by atoms with Crippen LogP contribution in [0.15, 0.2) is 0 Å². The Kier molecular flexibility index (Phi) is 8.19. The van der Waals surface area contributed by atoms with E-state index < -0.39 is 0 Å². The Hall–Kier alpha value is 0. The summed E-state index contributed by atoms with van der Waals surface area (Å²) in [5, 5.41) is 0. The average molecular weight is 347 g/mol. The van der Waals surface area contributed by atoms with Crippen molar-refractivity contribution in [3.05, 3.63) is 0 Å². The molecular formula is C25H46. The van der Waals surface area contributed by atoms with Crippen LogP contribution in [0.3, 0.4) is 0 Å². The van der Waals surface area contributed by atoms with Gasteiger partial charge in [0.2, 0.25) is 0 Å². The summed E-state index contributed by atoms with van der Waals surface area (Å²) in [7, 11) is 0. The van der Waals surface area contributed by atoms with Gasteiger partial charge in [-0.05, 0) is 61.7 Å². The second-order valence-corrected chi connectivity index (χ2v) is 10.0. The van der Waals surface area contributed by atoms with Crippen molar-refractivity contribution >= 4 is 0 Å². The largest absolute Gasteiger partial charge is 0.0648 e. The van der Waals surface area contributed by atoms with Crippen LogP contribution in [0.1, 0.15) is 135 Å². The highest BCUT2D eigenvalue weighted by molar-refractivity contribution is 4.93. The summed E-state index contributed by atoms with van der Waals surface area (Å²) >= 11 is 0. The molecule has 0 heteroatoms. The van der Waals surface area contributed by atoms with Gasteiger partial charge in [-0.2, -0.15) is 0 Å². The zero-order chi connectivity index (χ0) is 17.4. The van der Waals surface area contributed by atoms with Crippen molar-refractivity contribution in [3.63, 3.8) is 0 Å². The standard InChI is InChI=1S/C25H46/c1-2-25(23-17-8-4-9-18-23,24-19-10-5-11-20-24)21-13-12-16-22-14-6-3-7-15-22/h22-24H,2-21H2,1H3. The number of unbranched alkanes of at least 4 members (excludes halogenated alkanes) is 1. The fourth-order valence-electron chi connectivity index (χ4n) is 7.21. The van der Waals surface area contributed by atoms with Crippen molar-refractivity contribution in [2.75, 3.05) is 0 Å². The van der Waals surface area contributed by atoms with Crippen molar-refractivity contribution in [2.45, 2.75) is 135 Å². The molecule has 0 aromatic heterocycles. The maximum atomic E-state index is 2.56. The Balaban J connectivity index is 1.56. The van der Waals surface area contributed by atoms with E-state index in [0.29, 0.717) is 0 Å². The predicted octanol–water partition coefficient (Wildman–Crippen LogP) is 8.68. The van der Waals surface area contributed by atoms with Crippen molar-refractivity contribution in [3.8, 4) is 0 Å². The number of hydrogen-bond donors (Lipinski definition) is 0. The van der Waals surface area contributed by atoms with Crippen LogP contribution in [0.25, 0.3) is 0 Å². The number of rotatable bonds is 8. The van der Waals surface area contributed by atoms with Crippen LogP contribution in [0.2, 0.25) is 0 Å². The van der Waals surface area contributed by atoms with E-state index in [0.717, 1.165) is 23.2 Å². The molecule has 146 valence electrons. The van der Waals surface area contributed by atoms with Gasteiger partial charge in [0, 0.05) is 0 Å². The Morgan fingerprint density at radius 2 is 1.08 bits per heavy atom. The van der Waals surface area contributed by atoms with E-state index in [2.05, 4.69) is 6.92 Å². The average Bonchev–Trinajstić information content (AvgIpc) is 2.71. The SMILES string of the molecule is CCC(CCCCC1CCCCC1)(C1CCCCC1)C1CCCCC1. The second-order valence-electron chi connectivity index (χ2n) is 10.0. The van der Waals surface area contributed by atoms with Crippen LogP contribution in [-0.4, -0.2) is 0 Å². The third-order valence-electron chi connectivity index (χ3n) is 8.72. The van der Waals surface area contributed by atoms with Gasteiger partial charge in [-0.3, -0.25) is 0 Å². The Labute approximate surface area is 158 Å². The lowest BCUT2D eigenvalue weighted by Crippen LogP contribution is -2.40. The van der Waals surface area contributed by atoms with Gasteiger partial charge in [0.1, 0.15) is 0 Å². The summed E-state index contributed by atoms with van der Waals surface area (Å²) in [5.41, 5.74) is 0.730. The Morgan fingerprint density at radius 3 is 1.56 bits per heavy atom. The Bertz CT molecular complexity index is 321. The number of hydrogen-bond acceptors (Lipinski definition) is 0. The molecule has 0 aliphatic heterocycles. The first-order valence-corrected chi connectivity index (χ1v) is 12.3. The molecule has 25 heavy (non-hydrogen) atoms. The molecule has 0 atom stereocenters. The first kappa shape index (κ1) is 19.8. The molecule has 0 aromatic carbocycles. The monoisotopic (exact) mass is 346 g/mol. The summed E-state index contributed by atoms with van der Waals surface area (Å²) in [6, 6.07) is 0. The third kappa shape index (κ3) is 5.26. The molecule has 3 saturated carbocycles. The van der Waals surface area contributed by atoms with E-state index in [-0.39, 0.29) is 0 Å². The van der Waals surface area contributed by atoms with Gasteiger partial charge in [-0.15, -0.1) is 0 Å². The molecule has 0 N–H and O–H groups in total. The second kappa shape index (κ2) is 10.4. The summed E-state index contributed by atoms with van der Waals surface area (Å²) < 4.78 is 0. The molecule has 0 nitrogen and oxygen atoms in total. The zero-order valence-corrected chi connectivity index (χ0v) is 17.4. The van der Waals surface area contributed by atoms with Crippen molar-refractivity contribution in [1.82, 2.24) is 0 Å². The molecule has 3 aliphatic carbocycles. The molecule has 0 unspecified atom stereocenters. The van der Waals surface area contributed by atoms with Gasteiger partial charge in [0.15, 0.2) is 0 Å². The van der Waals surface area contributed by atoms with Gasteiger partial charge in [0.25, 0.3) is 0 Å². The third-order valence-corrected chi connectivity index (χ3v) is 8.72. The highest BCUT2D eigenvalue weighted by Gasteiger charge is 2.43. The van der Waals surface area contributed by atoms with Crippen molar-refractivity contribution < 1.29 is 0 Å². The molecule has 3 fully saturated rings. The minimum Gasteiger partial charge on any atom is -0.0648 e. The van der Waals surface area contributed by atoms with Crippen LogP contribution < -0.4 is 0 Å². The molecule has 0 aromatic rings. The quantitative estimate of drug-likeness (QED) is 0.385. The first-order valence-electron chi connectivity index (χ1n) is 12.3. The molecule has 0 heterocycles. The fourth-order valence-corrected chi connectivity index (χ4v) is 7.21. The van der Waals surface area contributed by atoms with Crippen LogP contribution in [-0.2, 0) is 0 Å². The lowest BCUT2D eigenvalue weighted by molar-refractivity contribution is 0.00662. The van der Waals surface area contributed by atoms with Crippen LogP contribution in [0.5, 0.6) is 0 Å². The van der Waals surface area contributed by atoms with Gasteiger partial charge >= 0.3 is 0 Å². The highest BCUT2D eigenvalue weighted by Crippen LogP contribution is 2.54. The van der Waals surface area contributed by atoms with Crippen molar-refractivity contribution in [1.29, 1.82) is 0 Å². The fraction of sp³-hybridized carbons (Fsp3) is 1.00. The summed E-state index contributed by atoms with van der Waals surface area (Å²) in [6.45, 7) is 2.56. The van der Waals surface area contributed by atoms with Crippen LogP contribution in [0.4, 0.5) is 0 Å². The molecule has 0 radical (unpaired) electrons. The lowest BCUT2D eigenvalue weighted by Gasteiger charge is -2.49. The van der Waals surface area contributed by atoms with Crippen molar-refractivity contribution in [2.24, 2.45) is 23.2 Å². The van der Waals surface area contributed by atoms with Crippen LogP contribution in [0, 0.1) is 23.2 Å². The molecule has 0 amide bonds. The minimum absolute atomic E-state index is 0.730. The van der Waals surface area contributed by atoms with E-state index in [9.17, 15) is 0 Å². The lowest BCUT2D eigenvalue weighted by atomic mass is 9.56. The smallest absolute Gasteiger partial charge is 0.0243 e. The van der Waals surface area contributed by atoms with Crippen LogP contribution >= 0.6 is 0 Å². The van der Waals surface area contributed by atoms with E-state index in [1.54, 1.807) is 51.4 Å². The van der Waals surface area contributed by atoms with E-state index in [4.69, 9.17) is 0 Å². The van der Waals surface area contributed by atoms with Gasteiger partial charge in [-0.25, -0.2) is 0 Å². The summed E-state index contributed by atoms with van der Waals surface area (Å²) in [6.07, 6.45) is 30.7. The van der Waals surface area contributed by atoms with E-state index in [1.165, 1.54) is 77.0 Å². The summed E-state index contributed by atoms with van der Waals surface area (Å²) in [4.78, 5) is 0. The molecule has 0 saturated heterocycles. The normalized spacial score (nSPS) is 25.3. The van der Waals surface area contributed by atoms with Gasteiger partial charge < -0.3 is 0 Å².